The van der Waals surface area contributed by atoms with E-state index in [0.717, 1.165) is 5.56 Å². The summed E-state index contributed by atoms with van der Waals surface area (Å²) in [5, 5.41) is 17.1. The molecule has 1 aromatic carbocycles. The first-order valence-corrected chi connectivity index (χ1v) is 4.63. The molecular weight excluding hydrogens is 204 g/mol. The van der Waals surface area contributed by atoms with Crippen LogP contribution in [0.4, 0.5) is 0 Å². The number of nitrogens with zero attached hydrogens (tertiary/aromatic N) is 2. The van der Waals surface area contributed by atoms with Crippen LogP contribution in [0.2, 0.25) is 0 Å². The van der Waals surface area contributed by atoms with Gasteiger partial charge in [-0.1, -0.05) is 12.1 Å². The Kier molecular flexibility index (Phi) is 4.59. The van der Waals surface area contributed by atoms with Gasteiger partial charge in [-0.2, -0.15) is 0 Å². The van der Waals surface area contributed by atoms with Crippen LogP contribution in [0, 0.1) is 17.9 Å². The molecule has 0 saturated heterocycles. The number of rotatable bonds is 4. The van der Waals surface area contributed by atoms with E-state index in [9.17, 15) is 0 Å². The highest BCUT2D eigenvalue weighted by atomic mass is 16.5. The maximum Gasteiger partial charge on any atom is 0.262 e. The van der Waals surface area contributed by atoms with E-state index >= 15 is 0 Å². The summed E-state index contributed by atoms with van der Waals surface area (Å²) in [4.78, 5) is 3.06. The summed E-state index contributed by atoms with van der Waals surface area (Å²) in [5.41, 5.74) is 0.813. The lowest BCUT2D eigenvalue weighted by Crippen LogP contribution is -2.01. The molecule has 0 aliphatic heterocycles. The molecule has 0 aliphatic rings. The zero-order valence-corrected chi connectivity index (χ0v) is 8.55. The third-order valence-corrected chi connectivity index (χ3v) is 1.78. The third kappa shape index (κ3) is 3.45. The summed E-state index contributed by atoms with van der Waals surface area (Å²) in [5.74, 6) is 0.646. The van der Waals surface area contributed by atoms with Gasteiger partial charge < -0.3 is 9.84 Å². The Morgan fingerprint density at radius 3 is 2.69 bits per heavy atom. The molecular formula is C12H10N2O2. The number of allylic oxidation sites excluding steroid dienone is 1. The lowest BCUT2D eigenvalue weighted by atomic mass is 10.2. The van der Waals surface area contributed by atoms with Crippen LogP contribution < -0.4 is 4.74 Å². The highest BCUT2D eigenvalue weighted by molar-refractivity contribution is 5.59. The first-order valence-electron chi connectivity index (χ1n) is 4.63. The van der Waals surface area contributed by atoms with Gasteiger partial charge in [-0.05, 0) is 23.8 Å². The van der Waals surface area contributed by atoms with Gasteiger partial charge >= 0.3 is 0 Å². The zero-order chi connectivity index (χ0) is 11.8. The molecule has 16 heavy (non-hydrogen) atoms. The average Bonchev–Trinajstić information content (AvgIpc) is 2.35. The van der Waals surface area contributed by atoms with Crippen molar-refractivity contribution in [1.29, 1.82) is 5.26 Å². The molecule has 0 bridgehead atoms. The highest BCUT2D eigenvalue weighted by Gasteiger charge is 1.96. The molecule has 0 heterocycles. The van der Waals surface area contributed by atoms with Crippen molar-refractivity contribution >= 4 is 6.08 Å². The van der Waals surface area contributed by atoms with Gasteiger partial charge in [-0.25, -0.2) is 10.1 Å². The fourth-order valence-corrected chi connectivity index (χ4v) is 1.07. The van der Waals surface area contributed by atoms with Crippen molar-refractivity contribution in [2.75, 3.05) is 13.2 Å². The largest absolute Gasteiger partial charge is 0.491 e. The molecule has 0 amide bonds. The number of aliphatic hydroxyl groups excluding tert-OH is 1. The predicted octanol–water partition coefficient (Wildman–Crippen LogP) is 1.84. The Morgan fingerprint density at radius 1 is 1.50 bits per heavy atom. The molecule has 1 rings (SSSR count). The van der Waals surface area contributed by atoms with Crippen LogP contribution in [0.1, 0.15) is 5.56 Å². The Hall–Kier alpha value is -2.30. The SMILES string of the molecule is [C-]#[N+]C(C#N)=Cc1ccc(OCCO)cc1. The van der Waals surface area contributed by atoms with Crippen molar-refractivity contribution in [1.82, 2.24) is 0 Å². The molecule has 4 nitrogen and oxygen atoms in total. The summed E-state index contributed by atoms with van der Waals surface area (Å²) in [7, 11) is 0. The molecule has 80 valence electrons. The van der Waals surface area contributed by atoms with Gasteiger partial charge in [0, 0.05) is 0 Å². The first kappa shape index (κ1) is 11.8. The monoisotopic (exact) mass is 214 g/mol. The second-order valence-corrected chi connectivity index (χ2v) is 2.89. The van der Waals surface area contributed by atoms with E-state index in [2.05, 4.69) is 4.85 Å². The number of aliphatic hydroxyl groups is 1. The van der Waals surface area contributed by atoms with Gasteiger partial charge in [0.25, 0.3) is 5.70 Å². The Balaban J connectivity index is 2.77. The van der Waals surface area contributed by atoms with Crippen LogP contribution in [-0.2, 0) is 0 Å². The molecule has 1 N–H and O–H groups in total. The summed E-state index contributed by atoms with van der Waals surface area (Å²) in [6.07, 6.45) is 1.50. The Bertz CT molecular complexity index is 433. The second-order valence-electron chi connectivity index (χ2n) is 2.89. The fraction of sp³-hybridized carbons (Fsp3) is 0.167. The molecule has 0 atom stereocenters. The maximum absolute atomic E-state index is 8.57. The van der Waals surface area contributed by atoms with Crippen LogP contribution >= 0.6 is 0 Å². The smallest absolute Gasteiger partial charge is 0.262 e. The number of hydrogen-bond acceptors (Lipinski definition) is 3. The fourth-order valence-electron chi connectivity index (χ4n) is 1.07. The summed E-state index contributed by atoms with van der Waals surface area (Å²) >= 11 is 0. The average molecular weight is 214 g/mol. The van der Waals surface area contributed by atoms with Gasteiger partial charge in [0.2, 0.25) is 0 Å². The van der Waals surface area contributed by atoms with Crippen molar-refractivity contribution in [2.24, 2.45) is 0 Å². The molecule has 0 aliphatic carbocycles. The van der Waals surface area contributed by atoms with Crippen LogP contribution in [0.3, 0.4) is 0 Å². The summed E-state index contributed by atoms with van der Waals surface area (Å²) in [6, 6.07) is 8.73. The molecule has 0 unspecified atom stereocenters. The van der Waals surface area contributed by atoms with Crippen molar-refractivity contribution in [3.05, 3.63) is 46.9 Å². The summed E-state index contributed by atoms with van der Waals surface area (Å²) < 4.78 is 5.17. The van der Waals surface area contributed by atoms with E-state index in [1.165, 1.54) is 6.08 Å². The van der Waals surface area contributed by atoms with Crippen LogP contribution in [-0.4, -0.2) is 18.3 Å². The minimum Gasteiger partial charge on any atom is -0.491 e. The van der Waals surface area contributed by atoms with E-state index in [4.69, 9.17) is 21.7 Å². The first-order chi connectivity index (χ1) is 7.80. The summed E-state index contributed by atoms with van der Waals surface area (Å²) in [6.45, 7) is 6.95. The van der Waals surface area contributed by atoms with Crippen LogP contribution in [0.25, 0.3) is 10.9 Å². The van der Waals surface area contributed by atoms with Crippen molar-refractivity contribution in [3.8, 4) is 11.8 Å². The van der Waals surface area contributed by atoms with Gasteiger partial charge in [-0.3, -0.25) is 0 Å². The molecule has 4 heteroatoms. The minimum atomic E-state index is -0.0298. The Labute approximate surface area is 93.8 Å². The number of ether oxygens (including phenoxy) is 1. The zero-order valence-electron chi connectivity index (χ0n) is 8.55. The van der Waals surface area contributed by atoms with Gasteiger partial charge in [0.15, 0.2) is 0 Å². The normalized spacial score (nSPS) is 10.3. The van der Waals surface area contributed by atoms with E-state index in [1.807, 2.05) is 0 Å². The van der Waals surface area contributed by atoms with Gasteiger partial charge in [-0.15, -0.1) is 0 Å². The van der Waals surface area contributed by atoms with E-state index in [0.29, 0.717) is 5.75 Å². The number of nitriles is 1. The molecule has 0 aromatic heterocycles. The molecule has 0 radical (unpaired) electrons. The van der Waals surface area contributed by atoms with E-state index < -0.39 is 0 Å². The highest BCUT2D eigenvalue weighted by Crippen LogP contribution is 2.14. The number of hydrogen-bond donors (Lipinski definition) is 1. The maximum atomic E-state index is 8.57. The van der Waals surface area contributed by atoms with Crippen LogP contribution in [0.5, 0.6) is 5.75 Å². The lowest BCUT2D eigenvalue weighted by Gasteiger charge is -2.03. The third-order valence-electron chi connectivity index (χ3n) is 1.78. The second kappa shape index (κ2) is 6.23. The van der Waals surface area contributed by atoms with Crippen molar-refractivity contribution in [2.45, 2.75) is 0 Å². The molecule has 1 aromatic rings. The Morgan fingerprint density at radius 2 is 2.19 bits per heavy atom. The van der Waals surface area contributed by atoms with E-state index in [-0.39, 0.29) is 18.9 Å². The molecule has 0 saturated carbocycles. The quantitative estimate of drug-likeness (QED) is 0.614. The topological polar surface area (TPSA) is 57.6 Å². The van der Waals surface area contributed by atoms with Crippen molar-refractivity contribution in [3.63, 3.8) is 0 Å². The van der Waals surface area contributed by atoms with Gasteiger partial charge in [0.1, 0.15) is 12.4 Å². The van der Waals surface area contributed by atoms with Gasteiger partial charge in [0.05, 0.1) is 19.2 Å². The molecule has 0 spiro atoms. The lowest BCUT2D eigenvalue weighted by molar-refractivity contribution is 0.201. The predicted molar refractivity (Wildman–Crippen MR) is 59.2 cm³/mol. The standard InChI is InChI=1S/C12H10N2O2/c1-14-11(9-13)8-10-2-4-12(5-3-10)16-7-6-15/h2-5,8,15H,6-7H2. The van der Waals surface area contributed by atoms with E-state index in [1.54, 1.807) is 30.3 Å². The molecule has 0 fully saturated rings. The minimum absolute atomic E-state index is 0.0298. The number of benzene rings is 1. The van der Waals surface area contributed by atoms with Crippen molar-refractivity contribution < 1.29 is 9.84 Å². The van der Waals surface area contributed by atoms with Crippen LogP contribution in [0.15, 0.2) is 30.0 Å².